The van der Waals surface area contributed by atoms with E-state index >= 15 is 0 Å². The topological polar surface area (TPSA) is 72.6 Å². The SMILES string of the molecule is COC(=O)c1cnc(N2CC(CBr)CC2=O)o1. The van der Waals surface area contributed by atoms with E-state index in [2.05, 4.69) is 25.7 Å². The molecule has 0 aromatic carbocycles. The number of oxazole rings is 1. The summed E-state index contributed by atoms with van der Waals surface area (Å²) in [5.74, 6) is -0.409. The molecule has 17 heavy (non-hydrogen) atoms. The van der Waals surface area contributed by atoms with Gasteiger partial charge < -0.3 is 9.15 Å². The summed E-state index contributed by atoms with van der Waals surface area (Å²) in [6, 6.07) is 0.152. The van der Waals surface area contributed by atoms with Crippen LogP contribution < -0.4 is 4.90 Å². The van der Waals surface area contributed by atoms with Crippen LogP contribution in [0.3, 0.4) is 0 Å². The van der Waals surface area contributed by atoms with Crippen LogP contribution in [-0.4, -0.2) is 35.8 Å². The molecule has 0 radical (unpaired) electrons. The number of carbonyl (C=O) groups is 2. The molecule has 2 rings (SSSR count). The number of hydrogen-bond donors (Lipinski definition) is 0. The number of methoxy groups -OCH3 is 1. The number of hydrogen-bond acceptors (Lipinski definition) is 5. The Morgan fingerprint density at radius 3 is 3.12 bits per heavy atom. The normalized spacial score (nSPS) is 19.8. The van der Waals surface area contributed by atoms with Crippen LogP contribution in [0.5, 0.6) is 0 Å². The summed E-state index contributed by atoms with van der Waals surface area (Å²) in [4.78, 5) is 28.2. The lowest BCUT2D eigenvalue weighted by Crippen LogP contribution is -2.24. The Bertz CT molecular complexity index is 445. The molecule has 1 atom stereocenters. The van der Waals surface area contributed by atoms with Gasteiger partial charge in [0, 0.05) is 18.3 Å². The van der Waals surface area contributed by atoms with E-state index in [1.165, 1.54) is 18.2 Å². The number of aromatic nitrogens is 1. The molecule has 0 bridgehead atoms. The fourth-order valence-corrected chi connectivity index (χ4v) is 2.09. The molecule has 7 heteroatoms. The van der Waals surface area contributed by atoms with Gasteiger partial charge >= 0.3 is 12.0 Å². The maximum Gasteiger partial charge on any atom is 0.375 e. The molecule has 92 valence electrons. The molecule has 1 aromatic heterocycles. The van der Waals surface area contributed by atoms with Gasteiger partial charge in [-0.3, -0.25) is 9.69 Å². The largest absolute Gasteiger partial charge is 0.463 e. The average molecular weight is 303 g/mol. The number of halogens is 1. The number of ether oxygens (including phenoxy) is 1. The van der Waals surface area contributed by atoms with Crippen LogP contribution >= 0.6 is 15.9 Å². The first-order valence-corrected chi connectivity index (χ1v) is 6.18. The van der Waals surface area contributed by atoms with Crippen LogP contribution in [-0.2, 0) is 9.53 Å². The zero-order chi connectivity index (χ0) is 12.4. The molecule has 1 amide bonds. The number of anilines is 1. The second-order valence-corrected chi connectivity index (χ2v) is 4.37. The summed E-state index contributed by atoms with van der Waals surface area (Å²) in [5, 5.41) is 0.750. The van der Waals surface area contributed by atoms with Gasteiger partial charge in [-0.05, 0) is 5.92 Å². The molecule has 1 aliphatic rings. The molecule has 0 N–H and O–H groups in total. The fraction of sp³-hybridized carbons (Fsp3) is 0.500. The van der Waals surface area contributed by atoms with E-state index in [0.29, 0.717) is 13.0 Å². The van der Waals surface area contributed by atoms with Crippen molar-refractivity contribution in [2.45, 2.75) is 6.42 Å². The molecule has 1 unspecified atom stereocenters. The maximum absolute atomic E-state index is 11.7. The van der Waals surface area contributed by atoms with Crippen molar-refractivity contribution in [3.8, 4) is 0 Å². The Balaban J connectivity index is 2.15. The molecule has 1 saturated heterocycles. The van der Waals surface area contributed by atoms with E-state index in [4.69, 9.17) is 4.42 Å². The van der Waals surface area contributed by atoms with Gasteiger partial charge in [0.15, 0.2) is 0 Å². The summed E-state index contributed by atoms with van der Waals surface area (Å²) >= 11 is 3.34. The zero-order valence-electron chi connectivity index (χ0n) is 9.18. The summed E-state index contributed by atoms with van der Waals surface area (Å²) in [6.45, 7) is 0.547. The molecular formula is C10H11BrN2O4. The quantitative estimate of drug-likeness (QED) is 0.620. The molecule has 0 saturated carbocycles. The lowest BCUT2D eigenvalue weighted by molar-refractivity contribution is -0.117. The minimum atomic E-state index is -0.604. The molecule has 2 heterocycles. The second-order valence-electron chi connectivity index (χ2n) is 3.73. The Labute approximate surface area is 106 Å². The Hall–Kier alpha value is -1.37. The van der Waals surface area contributed by atoms with Crippen molar-refractivity contribution < 1.29 is 18.7 Å². The highest BCUT2D eigenvalue weighted by atomic mass is 79.9. The van der Waals surface area contributed by atoms with Crippen molar-refractivity contribution >= 4 is 33.8 Å². The van der Waals surface area contributed by atoms with Crippen molar-refractivity contribution in [1.29, 1.82) is 0 Å². The van der Waals surface area contributed by atoms with E-state index in [0.717, 1.165) is 5.33 Å². The molecule has 1 aliphatic heterocycles. The third-order valence-electron chi connectivity index (χ3n) is 2.53. The van der Waals surface area contributed by atoms with Gasteiger partial charge in [0.2, 0.25) is 11.7 Å². The number of amides is 1. The first-order chi connectivity index (χ1) is 8.15. The average Bonchev–Trinajstić information content (AvgIpc) is 2.94. The van der Waals surface area contributed by atoms with Gasteiger partial charge in [0.1, 0.15) is 0 Å². The number of nitrogens with zero attached hydrogens (tertiary/aromatic N) is 2. The third kappa shape index (κ3) is 2.33. The van der Waals surface area contributed by atoms with Gasteiger partial charge in [-0.15, -0.1) is 0 Å². The van der Waals surface area contributed by atoms with Gasteiger partial charge in [-0.2, -0.15) is 0 Å². The van der Waals surface area contributed by atoms with Crippen LogP contribution in [0, 0.1) is 5.92 Å². The van der Waals surface area contributed by atoms with E-state index in [1.807, 2.05) is 0 Å². The summed E-state index contributed by atoms with van der Waals surface area (Å²) in [6.07, 6.45) is 1.72. The van der Waals surface area contributed by atoms with Crippen LogP contribution in [0.25, 0.3) is 0 Å². The molecule has 0 aliphatic carbocycles. The van der Waals surface area contributed by atoms with Crippen molar-refractivity contribution in [1.82, 2.24) is 4.98 Å². The lowest BCUT2D eigenvalue weighted by Gasteiger charge is -2.10. The molecular weight excluding hydrogens is 292 g/mol. The molecule has 0 spiro atoms. The van der Waals surface area contributed by atoms with Crippen LogP contribution in [0.4, 0.5) is 6.01 Å². The first kappa shape index (κ1) is 12.1. The summed E-state index contributed by atoms with van der Waals surface area (Å²) < 4.78 is 9.69. The highest BCUT2D eigenvalue weighted by Crippen LogP contribution is 2.25. The Morgan fingerprint density at radius 1 is 1.76 bits per heavy atom. The molecule has 6 nitrogen and oxygen atoms in total. The summed E-state index contributed by atoms with van der Waals surface area (Å²) in [5.41, 5.74) is 0. The van der Waals surface area contributed by atoms with Gasteiger partial charge in [0.25, 0.3) is 0 Å². The number of alkyl halides is 1. The second kappa shape index (κ2) is 4.87. The number of carbonyl (C=O) groups excluding carboxylic acids is 2. The van der Waals surface area contributed by atoms with E-state index in [9.17, 15) is 9.59 Å². The molecule has 1 aromatic rings. The smallest absolute Gasteiger partial charge is 0.375 e. The fourth-order valence-electron chi connectivity index (χ4n) is 1.65. The minimum absolute atomic E-state index is 0.00223. The van der Waals surface area contributed by atoms with Crippen LogP contribution in [0.2, 0.25) is 0 Å². The van der Waals surface area contributed by atoms with Gasteiger partial charge in [0.05, 0.1) is 13.3 Å². The maximum atomic E-state index is 11.7. The Morgan fingerprint density at radius 2 is 2.53 bits per heavy atom. The third-order valence-corrected chi connectivity index (χ3v) is 3.45. The van der Waals surface area contributed by atoms with E-state index in [-0.39, 0.29) is 23.6 Å². The lowest BCUT2D eigenvalue weighted by atomic mass is 10.2. The Kier molecular flexibility index (Phi) is 3.46. The highest BCUT2D eigenvalue weighted by molar-refractivity contribution is 9.09. The zero-order valence-corrected chi connectivity index (χ0v) is 10.8. The van der Waals surface area contributed by atoms with E-state index < -0.39 is 5.97 Å². The molecule has 1 fully saturated rings. The van der Waals surface area contributed by atoms with Crippen molar-refractivity contribution in [2.24, 2.45) is 5.92 Å². The van der Waals surface area contributed by atoms with Crippen molar-refractivity contribution in [2.75, 3.05) is 23.9 Å². The van der Waals surface area contributed by atoms with Crippen LogP contribution in [0.15, 0.2) is 10.6 Å². The van der Waals surface area contributed by atoms with Crippen molar-refractivity contribution in [3.63, 3.8) is 0 Å². The van der Waals surface area contributed by atoms with Crippen LogP contribution in [0.1, 0.15) is 17.0 Å². The van der Waals surface area contributed by atoms with Gasteiger partial charge in [-0.1, -0.05) is 15.9 Å². The minimum Gasteiger partial charge on any atom is -0.463 e. The standard InChI is InChI=1S/C10H11BrN2O4/c1-16-9(15)7-4-12-10(17-7)13-5-6(3-11)2-8(13)14/h4,6H,2-3,5H2,1H3. The first-order valence-electron chi connectivity index (χ1n) is 5.06. The van der Waals surface area contributed by atoms with Gasteiger partial charge in [-0.25, -0.2) is 9.78 Å². The summed E-state index contributed by atoms with van der Waals surface area (Å²) in [7, 11) is 1.26. The monoisotopic (exact) mass is 302 g/mol. The number of esters is 1. The predicted molar refractivity (Wildman–Crippen MR) is 62.1 cm³/mol. The van der Waals surface area contributed by atoms with Crippen molar-refractivity contribution in [3.05, 3.63) is 12.0 Å². The highest BCUT2D eigenvalue weighted by Gasteiger charge is 2.33. The number of rotatable bonds is 3. The van der Waals surface area contributed by atoms with E-state index in [1.54, 1.807) is 0 Å². The predicted octanol–water partition coefficient (Wildman–Crippen LogP) is 1.21.